The van der Waals surface area contributed by atoms with Crippen molar-refractivity contribution in [1.82, 2.24) is 4.90 Å². The molecule has 0 radical (unpaired) electrons. The van der Waals surface area contributed by atoms with Crippen molar-refractivity contribution in [3.8, 4) is 0 Å². The van der Waals surface area contributed by atoms with Gasteiger partial charge in [-0.15, -0.1) is 0 Å². The summed E-state index contributed by atoms with van der Waals surface area (Å²) in [4.78, 5) is 2.30. The van der Waals surface area contributed by atoms with E-state index in [0.29, 0.717) is 31.6 Å². The van der Waals surface area contributed by atoms with E-state index in [2.05, 4.69) is 11.8 Å². The first-order valence-electron chi connectivity index (χ1n) is 7.27. The molecule has 0 amide bonds. The Morgan fingerprint density at radius 3 is 2.79 bits per heavy atom. The number of nitrogens with two attached hydrogens (primary N) is 1. The minimum Gasteiger partial charge on any atom is -0.389 e. The van der Waals surface area contributed by atoms with E-state index in [1.807, 2.05) is 6.92 Å². The Kier molecular flexibility index (Phi) is 7.87. The van der Waals surface area contributed by atoms with E-state index >= 15 is 0 Å². The molecule has 1 fully saturated rings. The normalized spacial score (nSPS) is 28.3. The Morgan fingerprint density at radius 2 is 2.16 bits per heavy atom. The predicted molar refractivity (Wildman–Crippen MR) is 76.1 cm³/mol. The number of β-amino-alcohol motifs (C(OH)–C–C–N with tert-alkyl or cyclic N) is 1. The smallest absolute Gasteiger partial charge is 0.0900 e. The van der Waals surface area contributed by atoms with Gasteiger partial charge in [0, 0.05) is 20.2 Å². The topological polar surface area (TPSA) is 68.0 Å². The number of piperidine rings is 1. The van der Waals surface area contributed by atoms with Crippen LogP contribution in [0.4, 0.5) is 0 Å². The molecule has 4 unspecified atom stereocenters. The molecule has 1 rings (SSSR count). The van der Waals surface area contributed by atoms with E-state index in [1.54, 1.807) is 7.11 Å². The number of hydrogen-bond acceptors (Lipinski definition) is 5. The highest BCUT2D eigenvalue weighted by Gasteiger charge is 2.26. The van der Waals surface area contributed by atoms with Crippen LogP contribution in [-0.4, -0.2) is 68.7 Å². The molecule has 0 aromatic heterocycles. The van der Waals surface area contributed by atoms with Crippen molar-refractivity contribution in [3.63, 3.8) is 0 Å². The van der Waals surface area contributed by atoms with Crippen LogP contribution in [0.25, 0.3) is 0 Å². The second kappa shape index (κ2) is 8.87. The molecule has 0 bridgehead atoms. The van der Waals surface area contributed by atoms with Crippen molar-refractivity contribution >= 4 is 0 Å². The number of aliphatic hydroxyl groups is 1. The van der Waals surface area contributed by atoms with Crippen LogP contribution in [0.5, 0.6) is 0 Å². The van der Waals surface area contributed by atoms with Crippen molar-refractivity contribution in [2.45, 2.75) is 32.5 Å². The van der Waals surface area contributed by atoms with Gasteiger partial charge in [-0.3, -0.25) is 0 Å². The first-order valence-corrected chi connectivity index (χ1v) is 7.27. The molecule has 1 saturated heterocycles. The highest BCUT2D eigenvalue weighted by molar-refractivity contribution is 4.79. The number of likely N-dealkylation sites (tertiary alicyclic amines) is 1. The van der Waals surface area contributed by atoms with E-state index in [1.165, 1.54) is 0 Å². The molecular formula is C14H30N2O3. The average Bonchev–Trinajstić information content (AvgIpc) is 2.39. The SMILES string of the molecule is COCC(C)OCC(O)CN1CCC(C)C(CN)C1. The summed E-state index contributed by atoms with van der Waals surface area (Å²) in [5, 5.41) is 10.0. The van der Waals surface area contributed by atoms with Gasteiger partial charge in [-0.1, -0.05) is 6.92 Å². The van der Waals surface area contributed by atoms with E-state index in [0.717, 1.165) is 26.1 Å². The van der Waals surface area contributed by atoms with E-state index in [9.17, 15) is 5.11 Å². The van der Waals surface area contributed by atoms with Gasteiger partial charge in [0.05, 0.1) is 25.4 Å². The summed E-state index contributed by atoms with van der Waals surface area (Å²) in [6.07, 6.45) is 0.749. The molecule has 3 N–H and O–H groups in total. The number of nitrogens with zero attached hydrogens (tertiary/aromatic N) is 1. The Labute approximate surface area is 117 Å². The summed E-state index contributed by atoms with van der Waals surface area (Å²) in [6.45, 7) is 8.57. The molecule has 5 nitrogen and oxygen atoms in total. The highest BCUT2D eigenvalue weighted by Crippen LogP contribution is 2.22. The summed E-state index contributed by atoms with van der Waals surface area (Å²) < 4.78 is 10.5. The van der Waals surface area contributed by atoms with Crippen LogP contribution in [-0.2, 0) is 9.47 Å². The molecule has 114 valence electrons. The molecule has 1 heterocycles. The van der Waals surface area contributed by atoms with Gasteiger partial charge in [-0.05, 0) is 38.3 Å². The lowest BCUT2D eigenvalue weighted by atomic mass is 9.87. The molecule has 1 aliphatic heterocycles. The van der Waals surface area contributed by atoms with Crippen LogP contribution in [0.15, 0.2) is 0 Å². The number of methoxy groups -OCH3 is 1. The third-order valence-electron chi connectivity index (χ3n) is 3.94. The zero-order chi connectivity index (χ0) is 14.3. The summed E-state index contributed by atoms with van der Waals surface area (Å²) in [7, 11) is 1.65. The molecule has 0 aromatic carbocycles. The summed E-state index contributed by atoms with van der Waals surface area (Å²) in [5.41, 5.74) is 5.79. The van der Waals surface area contributed by atoms with Crippen molar-refractivity contribution in [1.29, 1.82) is 0 Å². The van der Waals surface area contributed by atoms with Crippen LogP contribution in [0.3, 0.4) is 0 Å². The zero-order valence-electron chi connectivity index (χ0n) is 12.5. The van der Waals surface area contributed by atoms with Crippen molar-refractivity contribution < 1.29 is 14.6 Å². The zero-order valence-corrected chi connectivity index (χ0v) is 12.5. The van der Waals surface area contributed by atoms with Gasteiger partial charge in [-0.25, -0.2) is 0 Å². The van der Waals surface area contributed by atoms with Crippen LogP contribution in [0, 0.1) is 11.8 Å². The molecule has 5 heteroatoms. The number of rotatable bonds is 8. The second-order valence-electron chi connectivity index (χ2n) is 5.77. The number of aliphatic hydroxyl groups excluding tert-OH is 1. The van der Waals surface area contributed by atoms with Gasteiger partial charge in [0.1, 0.15) is 0 Å². The quantitative estimate of drug-likeness (QED) is 0.667. The van der Waals surface area contributed by atoms with E-state index < -0.39 is 6.10 Å². The molecule has 0 spiro atoms. The molecule has 1 aliphatic rings. The lowest BCUT2D eigenvalue weighted by Gasteiger charge is -2.37. The van der Waals surface area contributed by atoms with Crippen molar-refractivity contribution in [2.24, 2.45) is 17.6 Å². The monoisotopic (exact) mass is 274 g/mol. The molecule has 0 saturated carbocycles. The van der Waals surface area contributed by atoms with Gasteiger partial charge in [0.25, 0.3) is 0 Å². The minimum absolute atomic E-state index is 0.0258. The maximum atomic E-state index is 10.0. The fourth-order valence-electron chi connectivity index (χ4n) is 2.61. The van der Waals surface area contributed by atoms with Crippen LogP contribution >= 0.6 is 0 Å². The third kappa shape index (κ3) is 6.19. The fourth-order valence-corrected chi connectivity index (χ4v) is 2.61. The Hall–Kier alpha value is -0.200. The van der Waals surface area contributed by atoms with Crippen LogP contribution in [0.1, 0.15) is 20.3 Å². The molecule has 19 heavy (non-hydrogen) atoms. The predicted octanol–water partition coefficient (Wildman–Crippen LogP) is 0.316. The first-order chi connectivity index (χ1) is 9.06. The molecule has 4 atom stereocenters. The molecular weight excluding hydrogens is 244 g/mol. The van der Waals surface area contributed by atoms with Gasteiger partial charge in [-0.2, -0.15) is 0 Å². The Bertz CT molecular complexity index is 241. The Balaban J connectivity index is 2.22. The minimum atomic E-state index is -0.439. The lowest BCUT2D eigenvalue weighted by Crippen LogP contribution is -2.46. The van der Waals surface area contributed by atoms with Crippen molar-refractivity contribution in [2.75, 3.05) is 46.5 Å². The van der Waals surface area contributed by atoms with Crippen molar-refractivity contribution in [3.05, 3.63) is 0 Å². The standard InChI is InChI=1S/C14H30N2O3/c1-11-4-5-16(7-13(11)6-15)8-14(17)10-19-12(2)9-18-3/h11-14,17H,4-10,15H2,1-3H3. The van der Waals surface area contributed by atoms with Gasteiger partial charge >= 0.3 is 0 Å². The second-order valence-corrected chi connectivity index (χ2v) is 5.77. The molecule has 0 aromatic rings. The summed E-state index contributed by atoms with van der Waals surface area (Å²) in [5.74, 6) is 1.24. The van der Waals surface area contributed by atoms with Gasteiger partial charge in [0.2, 0.25) is 0 Å². The molecule has 0 aliphatic carbocycles. The van der Waals surface area contributed by atoms with Gasteiger partial charge in [0.15, 0.2) is 0 Å². The maximum Gasteiger partial charge on any atom is 0.0900 e. The van der Waals surface area contributed by atoms with E-state index in [-0.39, 0.29) is 6.10 Å². The third-order valence-corrected chi connectivity index (χ3v) is 3.94. The maximum absolute atomic E-state index is 10.0. The first kappa shape index (κ1) is 16.9. The van der Waals surface area contributed by atoms with E-state index in [4.69, 9.17) is 15.2 Å². The summed E-state index contributed by atoms with van der Waals surface area (Å²) >= 11 is 0. The largest absolute Gasteiger partial charge is 0.389 e. The fraction of sp³-hybridized carbons (Fsp3) is 1.00. The van der Waals surface area contributed by atoms with Gasteiger partial charge < -0.3 is 25.2 Å². The highest BCUT2D eigenvalue weighted by atomic mass is 16.5. The Morgan fingerprint density at radius 1 is 1.42 bits per heavy atom. The number of hydrogen-bond donors (Lipinski definition) is 2. The average molecular weight is 274 g/mol. The van der Waals surface area contributed by atoms with Crippen LogP contribution < -0.4 is 5.73 Å². The number of ether oxygens (including phenoxy) is 2. The lowest BCUT2D eigenvalue weighted by molar-refractivity contribution is -0.0436. The summed E-state index contributed by atoms with van der Waals surface area (Å²) in [6, 6.07) is 0. The van der Waals surface area contributed by atoms with Crippen LogP contribution in [0.2, 0.25) is 0 Å².